The normalized spacial score (nSPS) is 15.2. The van der Waals surface area contributed by atoms with E-state index in [1.165, 1.54) is 17.1 Å². The van der Waals surface area contributed by atoms with Crippen molar-refractivity contribution in [1.29, 1.82) is 0 Å². The third-order valence-electron chi connectivity index (χ3n) is 3.84. The Morgan fingerprint density at radius 2 is 1.96 bits per heavy atom. The number of nitrogens with zero attached hydrogens (tertiary/aromatic N) is 1. The van der Waals surface area contributed by atoms with Gasteiger partial charge in [0.1, 0.15) is 0 Å². The summed E-state index contributed by atoms with van der Waals surface area (Å²) in [5.41, 5.74) is 3.12. The van der Waals surface area contributed by atoms with Crippen molar-refractivity contribution < 1.29 is 9.59 Å². The lowest BCUT2D eigenvalue weighted by atomic mass is 10.1. The van der Waals surface area contributed by atoms with Crippen LogP contribution >= 0.6 is 11.8 Å². The topological polar surface area (TPSA) is 61.4 Å². The van der Waals surface area contributed by atoms with Crippen LogP contribution in [0.1, 0.15) is 24.5 Å². The van der Waals surface area contributed by atoms with Gasteiger partial charge in [0, 0.05) is 43.2 Å². The second-order valence-corrected chi connectivity index (χ2v) is 6.94. The highest BCUT2D eigenvalue weighted by Crippen LogP contribution is 2.19. The third kappa shape index (κ3) is 5.88. The van der Waals surface area contributed by atoms with Gasteiger partial charge >= 0.3 is 0 Å². The van der Waals surface area contributed by atoms with Crippen LogP contribution in [-0.2, 0) is 16.1 Å². The quantitative estimate of drug-likeness (QED) is 0.835. The highest BCUT2D eigenvalue weighted by molar-refractivity contribution is 7.99. The summed E-state index contributed by atoms with van der Waals surface area (Å²) < 4.78 is 0. The van der Waals surface area contributed by atoms with Crippen LogP contribution in [0.4, 0.5) is 5.69 Å². The van der Waals surface area contributed by atoms with Crippen molar-refractivity contribution in [1.82, 2.24) is 10.2 Å². The predicted octanol–water partition coefficient (Wildman–Crippen LogP) is 2.01. The molecule has 2 N–H and O–H groups in total. The number of amides is 2. The van der Waals surface area contributed by atoms with E-state index >= 15 is 0 Å². The number of anilines is 1. The van der Waals surface area contributed by atoms with Crippen LogP contribution in [0, 0.1) is 6.92 Å². The fourth-order valence-electron chi connectivity index (χ4n) is 2.48. The van der Waals surface area contributed by atoms with Gasteiger partial charge in [-0.2, -0.15) is 11.8 Å². The molecule has 23 heavy (non-hydrogen) atoms. The van der Waals surface area contributed by atoms with Gasteiger partial charge in [-0.25, -0.2) is 0 Å². The summed E-state index contributed by atoms with van der Waals surface area (Å²) in [7, 11) is 0. The van der Waals surface area contributed by atoms with Gasteiger partial charge in [0.25, 0.3) is 0 Å². The number of hydrogen-bond acceptors (Lipinski definition) is 4. The summed E-state index contributed by atoms with van der Waals surface area (Å²) in [6, 6.07) is 6.14. The molecule has 0 saturated carbocycles. The number of benzene rings is 1. The molecule has 0 spiro atoms. The molecule has 1 saturated heterocycles. The van der Waals surface area contributed by atoms with Gasteiger partial charge in [-0.15, -0.1) is 0 Å². The minimum absolute atomic E-state index is 0.0132. The van der Waals surface area contributed by atoms with Crippen LogP contribution in [0.25, 0.3) is 0 Å². The molecule has 1 aromatic rings. The zero-order chi connectivity index (χ0) is 16.7. The number of hydrogen-bond donors (Lipinski definition) is 2. The minimum atomic E-state index is -0.198. The number of carbonyl (C=O) groups excluding carboxylic acids is 2. The molecule has 0 unspecified atom stereocenters. The highest BCUT2D eigenvalue weighted by atomic mass is 32.2. The van der Waals surface area contributed by atoms with E-state index in [1.54, 1.807) is 6.92 Å². The summed E-state index contributed by atoms with van der Waals surface area (Å²) in [5, 5.41) is 5.43. The second kappa shape index (κ2) is 8.93. The van der Waals surface area contributed by atoms with Crippen molar-refractivity contribution >= 4 is 29.3 Å². The SMILES string of the molecule is CCC(=O)NCC(=O)Nc1ccc(CN2CCSCC2)cc1C. The molecule has 1 aliphatic rings. The van der Waals surface area contributed by atoms with Gasteiger partial charge < -0.3 is 10.6 Å². The maximum Gasteiger partial charge on any atom is 0.243 e. The summed E-state index contributed by atoms with van der Waals surface area (Å²) in [5.74, 6) is 2.09. The maximum atomic E-state index is 11.9. The van der Waals surface area contributed by atoms with Gasteiger partial charge in [0.05, 0.1) is 6.54 Å². The molecule has 6 heteroatoms. The minimum Gasteiger partial charge on any atom is -0.347 e. The lowest BCUT2D eigenvalue weighted by molar-refractivity contribution is -0.123. The Bertz CT molecular complexity index is 557. The Hall–Kier alpha value is -1.53. The van der Waals surface area contributed by atoms with E-state index in [1.807, 2.05) is 24.8 Å². The number of thioether (sulfide) groups is 1. The van der Waals surface area contributed by atoms with Gasteiger partial charge in [-0.05, 0) is 24.1 Å². The van der Waals surface area contributed by atoms with Gasteiger partial charge in [0.15, 0.2) is 0 Å². The summed E-state index contributed by atoms with van der Waals surface area (Å²) in [6.45, 7) is 7.01. The smallest absolute Gasteiger partial charge is 0.243 e. The Balaban J connectivity index is 1.88. The molecule has 126 valence electrons. The molecule has 0 aliphatic carbocycles. The lowest BCUT2D eigenvalue weighted by Crippen LogP contribution is -2.32. The first kappa shape index (κ1) is 17.8. The number of aryl methyl sites for hydroxylation is 1. The molecular weight excluding hydrogens is 310 g/mol. The summed E-state index contributed by atoms with van der Waals surface area (Å²) in [4.78, 5) is 25.5. The van der Waals surface area contributed by atoms with Crippen LogP contribution < -0.4 is 10.6 Å². The van der Waals surface area contributed by atoms with Crippen molar-refractivity contribution in [2.24, 2.45) is 0 Å². The molecule has 5 nitrogen and oxygen atoms in total. The van der Waals surface area contributed by atoms with Crippen molar-refractivity contribution in [2.45, 2.75) is 26.8 Å². The molecule has 2 amide bonds. The van der Waals surface area contributed by atoms with Crippen molar-refractivity contribution in [2.75, 3.05) is 36.5 Å². The van der Waals surface area contributed by atoms with E-state index < -0.39 is 0 Å². The summed E-state index contributed by atoms with van der Waals surface area (Å²) >= 11 is 2.01. The Morgan fingerprint density at radius 3 is 2.61 bits per heavy atom. The van der Waals surface area contributed by atoms with E-state index in [0.29, 0.717) is 6.42 Å². The fraction of sp³-hybridized carbons (Fsp3) is 0.529. The molecule has 2 rings (SSSR count). The average Bonchev–Trinajstić information content (AvgIpc) is 2.56. The van der Waals surface area contributed by atoms with Gasteiger partial charge in [0.2, 0.25) is 11.8 Å². The Labute approximate surface area is 142 Å². The van der Waals surface area contributed by atoms with Crippen molar-refractivity contribution in [3.8, 4) is 0 Å². The van der Waals surface area contributed by atoms with E-state index in [-0.39, 0.29) is 18.4 Å². The first-order valence-electron chi connectivity index (χ1n) is 8.04. The van der Waals surface area contributed by atoms with Crippen molar-refractivity contribution in [3.63, 3.8) is 0 Å². The van der Waals surface area contributed by atoms with E-state index in [4.69, 9.17) is 0 Å². The molecule has 1 aromatic carbocycles. The maximum absolute atomic E-state index is 11.9. The molecule has 1 heterocycles. The van der Waals surface area contributed by atoms with Crippen LogP contribution in [0.2, 0.25) is 0 Å². The first-order chi connectivity index (χ1) is 11.1. The molecule has 0 radical (unpaired) electrons. The van der Waals surface area contributed by atoms with E-state index in [0.717, 1.165) is 30.9 Å². The first-order valence-corrected chi connectivity index (χ1v) is 9.20. The van der Waals surface area contributed by atoms with E-state index in [2.05, 4.69) is 27.7 Å². The van der Waals surface area contributed by atoms with Crippen LogP contribution in [0.3, 0.4) is 0 Å². The number of carbonyl (C=O) groups is 2. The van der Waals surface area contributed by atoms with Crippen LogP contribution in [0.15, 0.2) is 18.2 Å². The highest BCUT2D eigenvalue weighted by Gasteiger charge is 2.12. The van der Waals surface area contributed by atoms with Gasteiger partial charge in [-0.1, -0.05) is 19.1 Å². The van der Waals surface area contributed by atoms with Gasteiger partial charge in [-0.3, -0.25) is 14.5 Å². The standard InChI is InChI=1S/C17H25N3O2S/c1-3-16(21)18-11-17(22)19-15-5-4-14(10-13(15)2)12-20-6-8-23-9-7-20/h4-5,10H,3,6-9,11-12H2,1-2H3,(H,18,21)(H,19,22). The largest absolute Gasteiger partial charge is 0.347 e. The van der Waals surface area contributed by atoms with Crippen molar-refractivity contribution in [3.05, 3.63) is 29.3 Å². The molecule has 0 aromatic heterocycles. The fourth-order valence-corrected chi connectivity index (χ4v) is 3.46. The zero-order valence-corrected chi connectivity index (χ0v) is 14.7. The molecule has 0 atom stereocenters. The monoisotopic (exact) mass is 335 g/mol. The Morgan fingerprint density at radius 1 is 1.22 bits per heavy atom. The van der Waals surface area contributed by atoms with Crippen LogP contribution in [0.5, 0.6) is 0 Å². The zero-order valence-electron chi connectivity index (χ0n) is 13.9. The Kier molecular flexibility index (Phi) is 6.92. The molecule has 1 fully saturated rings. The van der Waals surface area contributed by atoms with E-state index in [9.17, 15) is 9.59 Å². The summed E-state index contributed by atoms with van der Waals surface area (Å²) in [6.07, 6.45) is 0.385. The number of nitrogens with one attached hydrogen (secondary N) is 2. The molecule has 1 aliphatic heterocycles. The second-order valence-electron chi connectivity index (χ2n) is 5.72. The molecule has 0 bridgehead atoms. The molecular formula is C17H25N3O2S. The average molecular weight is 335 g/mol. The predicted molar refractivity (Wildman–Crippen MR) is 95.7 cm³/mol. The lowest BCUT2D eigenvalue weighted by Gasteiger charge is -2.26. The number of rotatable bonds is 6. The van der Waals surface area contributed by atoms with Crippen LogP contribution in [-0.4, -0.2) is 47.9 Å². The third-order valence-corrected chi connectivity index (χ3v) is 4.78.